The van der Waals surface area contributed by atoms with Crippen LogP contribution in [0.25, 0.3) is 0 Å². The van der Waals surface area contributed by atoms with Gasteiger partial charge in [-0.15, -0.1) is 0 Å². The largest absolute Gasteiger partial charge is 0.449 e. The van der Waals surface area contributed by atoms with Crippen molar-refractivity contribution in [3.63, 3.8) is 0 Å². The molecule has 8 nitrogen and oxygen atoms in total. The highest BCUT2D eigenvalue weighted by Gasteiger charge is 2.36. The summed E-state index contributed by atoms with van der Waals surface area (Å²) in [6.07, 6.45) is 0. The van der Waals surface area contributed by atoms with Crippen LogP contribution in [0.3, 0.4) is 0 Å². The number of hydrogen-bond acceptors (Lipinski definition) is 6. The molecule has 0 aliphatic carbocycles. The molecule has 0 radical (unpaired) electrons. The van der Waals surface area contributed by atoms with E-state index >= 15 is 0 Å². The van der Waals surface area contributed by atoms with Gasteiger partial charge in [-0.25, -0.2) is 0 Å². The van der Waals surface area contributed by atoms with Crippen LogP contribution in [0, 0.1) is 20.2 Å². The molecular formula is C12H6N2O6. The lowest BCUT2D eigenvalue weighted by Crippen LogP contribution is -2.04. The van der Waals surface area contributed by atoms with Crippen LogP contribution in [-0.2, 0) is 0 Å². The van der Waals surface area contributed by atoms with Gasteiger partial charge in [0, 0.05) is 6.07 Å². The summed E-state index contributed by atoms with van der Waals surface area (Å²) in [6, 6.07) is 8.86. The summed E-state index contributed by atoms with van der Waals surface area (Å²) >= 11 is 0. The molecule has 0 N–H and O–H groups in total. The van der Waals surface area contributed by atoms with Crippen molar-refractivity contribution in [3.8, 4) is 23.0 Å². The van der Waals surface area contributed by atoms with Crippen molar-refractivity contribution in [2.45, 2.75) is 0 Å². The Morgan fingerprint density at radius 3 is 2.05 bits per heavy atom. The maximum absolute atomic E-state index is 11.1. The first-order chi connectivity index (χ1) is 9.58. The van der Waals surface area contributed by atoms with Gasteiger partial charge in [0.1, 0.15) is 0 Å². The number of nitro benzene ring substituents is 2. The minimum atomic E-state index is -0.853. The SMILES string of the molecule is O=[N+]([O-])c1ccc2c(c1[N+](=O)[O-])Oc1ccccc1O2. The molecule has 1 heterocycles. The van der Waals surface area contributed by atoms with Gasteiger partial charge in [-0.05, 0) is 18.2 Å². The normalized spacial score (nSPS) is 11.6. The van der Waals surface area contributed by atoms with Crippen molar-refractivity contribution in [1.29, 1.82) is 0 Å². The summed E-state index contributed by atoms with van der Waals surface area (Å²) in [7, 11) is 0. The van der Waals surface area contributed by atoms with E-state index in [4.69, 9.17) is 9.47 Å². The van der Waals surface area contributed by atoms with Crippen molar-refractivity contribution in [2.75, 3.05) is 0 Å². The summed E-state index contributed by atoms with van der Waals surface area (Å²) in [4.78, 5) is 20.3. The van der Waals surface area contributed by atoms with Gasteiger partial charge >= 0.3 is 11.4 Å². The molecule has 1 aliphatic heterocycles. The Bertz CT molecular complexity index is 743. The monoisotopic (exact) mass is 274 g/mol. The molecule has 8 heteroatoms. The van der Waals surface area contributed by atoms with Crippen LogP contribution in [0.1, 0.15) is 0 Å². The molecule has 2 aromatic carbocycles. The maximum Gasteiger partial charge on any atom is 0.391 e. The van der Waals surface area contributed by atoms with Crippen molar-refractivity contribution in [1.82, 2.24) is 0 Å². The molecular weight excluding hydrogens is 268 g/mol. The Labute approximate surface area is 111 Å². The highest BCUT2D eigenvalue weighted by molar-refractivity contribution is 5.70. The van der Waals surface area contributed by atoms with E-state index in [0.29, 0.717) is 5.75 Å². The molecule has 0 amide bonds. The zero-order valence-electron chi connectivity index (χ0n) is 9.81. The molecule has 100 valence electrons. The van der Waals surface area contributed by atoms with Crippen molar-refractivity contribution in [3.05, 3.63) is 56.6 Å². The van der Waals surface area contributed by atoms with E-state index < -0.39 is 21.2 Å². The average molecular weight is 274 g/mol. The van der Waals surface area contributed by atoms with Gasteiger partial charge in [0.25, 0.3) is 5.75 Å². The minimum Gasteiger partial charge on any atom is -0.449 e. The third-order valence-electron chi connectivity index (χ3n) is 2.73. The first-order valence-corrected chi connectivity index (χ1v) is 5.48. The van der Waals surface area contributed by atoms with Gasteiger partial charge in [-0.1, -0.05) is 12.1 Å². The summed E-state index contributed by atoms with van der Waals surface area (Å²) in [6.45, 7) is 0. The van der Waals surface area contributed by atoms with Crippen LogP contribution in [0.5, 0.6) is 23.0 Å². The van der Waals surface area contributed by atoms with Gasteiger partial charge in [0.05, 0.1) is 9.85 Å². The first kappa shape index (κ1) is 11.9. The lowest BCUT2D eigenvalue weighted by Gasteiger charge is -2.19. The molecule has 0 spiro atoms. The van der Waals surface area contributed by atoms with Gasteiger partial charge < -0.3 is 9.47 Å². The molecule has 20 heavy (non-hydrogen) atoms. The Hall–Kier alpha value is -3.16. The molecule has 2 aromatic rings. The molecule has 0 atom stereocenters. The van der Waals surface area contributed by atoms with E-state index in [1.165, 1.54) is 6.07 Å². The van der Waals surface area contributed by atoms with E-state index in [9.17, 15) is 20.2 Å². The second kappa shape index (κ2) is 4.19. The zero-order chi connectivity index (χ0) is 14.3. The predicted octanol–water partition coefficient (Wildman–Crippen LogP) is 3.40. The van der Waals surface area contributed by atoms with E-state index in [0.717, 1.165) is 6.07 Å². The first-order valence-electron chi connectivity index (χ1n) is 5.48. The van der Waals surface area contributed by atoms with Gasteiger partial charge in [0.15, 0.2) is 17.2 Å². The number of para-hydroxylation sites is 2. The van der Waals surface area contributed by atoms with Gasteiger partial charge in [-0.3, -0.25) is 20.2 Å². The molecule has 0 bridgehead atoms. The average Bonchev–Trinajstić information content (AvgIpc) is 2.43. The van der Waals surface area contributed by atoms with Crippen LogP contribution >= 0.6 is 0 Å². The van der Waals surface area contributed by atoms with Crippen LogP contribution in [-0.4, -0.2) is 9.85 Å². The molecule has 1 aliphatic rings. The molecule has 0 saturated carbocycles. The number of benzene rings is 2. The zero-order valence-corrected chi connectivity index (χ0v) is 9.81. The fraction of sp³-hybridized carbons (Fsp3) is 0. The number of ether oxygens (including phenoxy) is 2. The van der Waals surface area contributed by atoms with Gasteiger partial charge in [0.2, 0.25) is 0 Å². The van der Waals surface area contributed by atoms with E-state index in [-0.39, 0.29) is 17.2 Å². The van der Waals surface area contributed by atoms with Crippen LogP contribution < -0.4 is 9.47 Å². The predicted molar refractivity (Wildman–Crippen MR) is 66.3 cm³/mol. The second-order valence-corrected chi connectivity index (χ2v) is 3.93. The Morgan fingerprint density at radius 2 is 1.45 bits per heavy atom. The highest BCUT2D eigenvalue weighted by Crippen LogP contribution is 2.52. The summed E-state index contributed by atoms with van der Waals surface area (Å²) < 4.78 is 10.8. The standard InChI is InChI=1S/C12H6N2O6/c15-13(16)7-5-6-10-12(11(7)14(17)18)20-9-4-2-1-3-8(9)19-10/h1-6H. The number of fused-ring (bicyclic) bond motifs is 2. The third kappa shape index (κ3) is 1.70. The summed E-state index contributed by atoms with van der Waals surface area (Å²) in [5.41, 5.74) is -1.36. The quantitative estimate of drug-likeness (QED) is 0.523. The van der Waals surface area contributed by atoms with Crippen LogP contribution in [0.15, 0.2) is 36.4 Å². The Balaban J connectivity index is 2.21. The molecule has 0 unspecified atom stereocenters. The molecule has 0 fully saturated rings. The second-order valence-electron chi connectivity index (χ2n) is 3.93. The third-order valence-corrected chi connectivity index (χ3v) is 2.73. The smallest absolute Gasteiger partial charge is 0.391 e. The Morgan fingerprint density at radius 1 is 0.800 bits per heavy atom. The topological polar surface area (TPSA) is 105 Å². The number of hydrogen-bond donors (Lipinski definition) is 0. The lowest BCUT2D eigenvalue weighted by atomic mass is 10.2. The van der Waals surface area contributed by atoms with Crippen LogP contribution in [0.4, 0.5) is 11.4 Å². The lowest BCUT2D eigenvalue weighted by molar-refractivity contribution is -0.423. The summed E-state index contributed by atoms with van der Waals surface area (Å²) in [5.74, 6) is 0.468. The van der Waals surface area contributed by atoms with Gasteiger partial charge in [-0.2, -0.15) is 0 Å². The maximum atomic E-state index is 11.1. The van der Waals surface area contributed by atoms with Crippen molar-refractivity contribution in [2.24, 2.45) is 0 Å². The number of nitro groups is 2. The van der Waals surface area contributed by atoms with E-state index in [1.54, 1.807) is 24.3 Å². The molecule has 3 rings (SSSR count). The highest BCUT2D eigenvalue weighted by atomic mass is 16.6. The fourth-order valence-electron chi connectivity index (χ4n) is 1.89. The fourth-order valence-corrected chi connectivity index (χ4v) is 1.89. The van der Waals surface area contributed by atoms with E-state index in [1.807, 2.05) is 0 Å². The Kier molecular flexibility index (Phi) is 2.50. The summed E-state index contributed by atoms with van der Waals surface area (Å²) in [5, 5.41) is 21.9. The molecule has 0 saturated heterocycles. The van der Waals surface area contributed by atoms with Crippen molar-refractivity contribution >= 4 is 11.4 Å². The molecule has 0 aromatic heterocycles. The number of nitrogens with zero attached hydrogens (tertiary/aromatic N) is 2. The van der Waals surface area contributed by atoms with Crippen molar-refractivity contribution < 1.29 is 19.3 Å². The minimum absolute atomic E-state index is 0.0704. The van der Waals surface area contributed by atoms with Crippen LogP contribution in [0.2, 0.25) is 0 Å². The van der Waals surface area contributed by atoms with E-state index in [2.05, 4.69) is 0 Å². The number of rotatable bonds is 2.